The van der Waals surface area contributed by atoms with E-state index in [1.807, 2.05) is 7.05 Å². The molecule has 18 heavy (non-hydrogen) atoms. The number of piperidine rings is 1. The van der Waals surface area contributed by atoms with Crippen LogP contribution in [-0.4, -0.2) is 50.6 Å². The minimum Gasteiger partial charge on any atom is -0.355 e. The number of nitrogens with one attached hydrogen (secondary N) is 2. The van der Waals surface area contributed by atoms with E-state index < -0.39 is 0 Å². The Labute approximate surface area is 111 Å². The minimum absolute atomic E-state index is 0.178. The molecule has 0 spiro atoms. The smallest absolute Gasteiger partial charge is 0.234 e. The Bertz CT molecular complexity index is 235. The number of hydrogen-bond acceptors (Lipinski definition) is 3. The second kappa shape index (κ2) is 8.48. The molecule has 0 aromatic rings. The van der Waals surface area contributed by atoms with E-state index in [2.05, 4.69) is 29.4 Å². The van der Waals surface area contributed by atoms with E-state index in [-0.39, 0.29) is 5.91 Å². The molecule has 1 rings (SSSR count). The van der Waals surface area contributed by atoms with Crippen LogP contribution in [0.4, 0.5) is 0 Å². The highest BCUT2D eigenvalue weighted by Gasteiger charge is 2.20. The molecule has 1 aliphatic rings. The maximum atomic E-state index is 11.7. The van der Waals surface area contributed by atoms with Gasteiger partial charge in [-0.15, -0.1) is 0 Å². The molecule has 0 saturated carbocycles. The summed E-state index contributed by atoms with van der Waals surface area (Å²) in [5.41, 5.74) is 0. The van der Waals surface area contributed by atoms with Gasteiger partial charge in [0.05, 0.1) is 6.54 Å². The summed E-state index contributed by atoms with van der Waals surface area (Å²) in [5, 5.41) is 6.19. The summed E-state index contributed by atoms with van der Waals surface area (Å²) in [6.07, 6.45) is 3.74. The van der Waals surface area contributed by atoms with Gasteiger partial charge in [0.25, 0.3) is 0 Å². The predicted octanol–water partition coefficient (Wildman–Crippen LogP) is 1.08. The van der Waals surface area contributed by atoms with Gasteiger partial charge in [-0.3, -0.25) is 9.69 Å². The van der Waals surface area contributed by atoms with E-state index in [9.17, 15) is 4.79 Å². The molecule has 0 aromatic carbocycles. The summed E-state index contributed by atoms with van der Waals surface area (Å²) >= 11 is 0. The number of likely N-dealkylation sites (tertiary alicyclic amines) is 1. The van der Waals surface area contributed by atoms with E-state index in [1.165, 1.54) is 19.3 Å². The highest BCUT2D eigenvalue weighted by atomic mass is 16.2. The Hall–Kier alpha value is -0.610. The van der Waals surface area contributed by atoms with Crippen LogP contribution in [0.25, 0.3) is 0 Å². The van der Waals surface area contributed by atoms with Crippen molar-refractivity contribution in [2.75, 3.05) is 39.8 Å². The summed E-state index contributed by atoms with van der Waals surface area (Å²) < 4.78 is 0. The number of rotatable bonds is 7. The van der Waals surface area contributed by atoms with Crippen molar-refractivity contribution in [2.45, 2.75) is 33.1 Å². The van der Waals surface area contributed by atoms with Gasteiger partial charge in [-0.1, -0.05) is 13.8 Å². The van der Waals surface area contributed by atoms with Crippen LogP contribution in [0.5, 0.6) is 0 Å². The van der Waals surface area contributed by atoms with E-state index in [1.54, 1.807) is 0 Å². The standard InChI is InChI=1S/C14H29N3O/c1-12(2)10-16-14(18)11-17-8-5-13(6-9-17)4-7-15-3/h12-13,15H,4-11H2,1-3H3,(H,16,18). The molecule has 0 radical (unpaired) electrons. The zero-order valence-electron chi connectivity index (χ0n) is 12.2. The van der Waals surface area contributed by atoms with E-state index in [0.717, 1.165) is 32.1 Å². The Kier molecular flexibility index (Phi) is 7.28. The third-order valence-corrected chi connectivity index (χ3v) is 3.58. The van der Waals surface area contributed by atoms with Crippen LogP contribution in [-0.2, 0) is 4.79 Å². The van der Waals surface area contributed by atoms with Crippen molar-refractivity contribution < 1.29 is 4.79 Å². The molecular weight excluding hydrogens is 226 g/mol. The van der Waals surface area contributed by atoms with Gasteiger partial charge in [0, 0.05) is 6.54 Å². The molecule has 1 saturated heterocycles. The van der Waals surface area contributed by atoms with Gasteiger partial charge >= 0.3 is 0 Å². The van der Waals surface area contributed by atoms with Crippen molar-refractivity contribution in [3.63, 3.8) is 0 Å². The zero-order chi connectivity index (χ0) is 13.4. The van der Waals surface area contributed by atoms with E-state index in [4.69, 9.17) is 0 Å². The van der Waals surface area contributed by atoms with Crippen molar-refractivity contribution in [1.29, 1.82) is 0 Å². The monoisotopic (exact) mass is 255 g/mol. The van der Waals surface area contributed by atoms with E-state index >= 15 is 0 Å². The Morgan fingerprint density at radius 2 is 2.00 bits per heavy atom. The van der Waals surface area contributed by atoms with Crippen LogP contribution >= 0.6 is 0 Å². The average Bonchev–Trinajstić information content (AvgIpc) is 2.35. The first-order valence-corrected chi connectivity index (χ1v) is 7.25. The molecule has 0 aliphatic carbocycles. The molecule has 4 nitrogen and oxygen atoms in total. The Balaban J connectivity index is 2.13. The Morgan fingerprint density at radius 3 is 2.56 bits per heavy atom. The lowest BCUT2D eigenvalue weighted by molar-refractivity contribution is -0.122. The fraction of sp³-hybridized carbons (Fsp3) is 0.929. The van der Waals surface area contributed by atoms with Gasteiger partial charge < -0.3 is 10.6 Å². The van der Waals surface area contributed by atoms with Crippen LogP contribution < -0.4 is 10.6 Å². The summed E-state index contributed by atoms with van der Waals surface area (Å²) in [6.45, 7) is 8.86. The number of amides is 1. The summed E-state index contributed by atoms with van der Waals surface area (Å²) in [6, 6.07) is 0. The van der Waals surface area contributed by atoms with Crippen molar-refractivity contribution in [3.05, 3.63) is 0 Å². The lowest BCUT2D eigenvalue weighted by atomic mass is 9.93. The van der Waals surface area contributed by atoms with Gasteiger partial charge in [0.1, 0.15) is 0 Å². The molecule has 1 fully saturated rings. The highest BCUT2D eigenvalue weighted by Crippen LogP contribution is 2.19. The third kappa shape index (κ3) is 6.36. The summed E-state index contributed by atoms with van der Waals surface area (Å²) in [5.74, 6) is 1.55. The summed E-state index contributed by atoms with van der Waals surface area (Å²) in [7, 11) is 2.01. The molecular formula is C14H29N3O. The molecule has 4 heteroatoms. The lowest BCUT2D eigenvalue weighted by Gasteiger charge is -2.31. The van der Waals surface area contributed by atoms with Crippen LogP contribution in [0.2, 0.25) is 0 Å². The molecule has 1 heterocycles. The van der Waals surface area contributed by atoms with Gasteiger partial charge in [0.2, 0.25) is 5.91 Å². The molecule has 106 valence electrons. The van der Waals surface area contributed by atoms with Gasteiger partial charge in [-0.05, 0) is 57.8 Å². The third-order valence-electron chi connectivity index (χ3n) is 3.58. The van der Waals surface area contributed by atoms with Crippen molar-refractivity contribution in [3.8, 4) is 0 Å². The first kappa shape index (κ1) is 15.4. The van der Waals surface area contributed by atoms with Gasteiger partial charge in [-0.25, -0.2) is 0 Å². The van der Waals surface area contributed by atoms with E-state index in [0.29, 0.717) is 12.5 Å². The minimum atomic E-state index is 0.178. The fourth-order valence-electron chi connectivity index (χ4n) is 2.36. The number of hydrogen-bond donors (Lipinski definition) is 2. The quantitative estimate of drug-likeness (QED) is 0.715. The molecule has 0 bridgehead atoms. The zero-order valence-corrected chi connectivity index (χ0v) is 12.2. The van der Waals surface area contributed by atoms with Crippen molar-refractivity contribution in [2.24, 2.45) is 11.8 Å². The molecule has 0 atom stereocenters. The SMILES string of the molecule is CNCCC1CCN(CC(=O)NCC(C)C)CC1. The number of carbonyl (C=O) groups excluding carboxylic acids is 1. The first-order valence-electron chi connectivity index (χ1n) is 7.25. The molecule has 0 unspecified atom stereocenters. The van der Waals surface area contributed by atoms with Crippen molar-refractivity contribution >= 4 is 5.91 Å². The normalized spacial score (nSPS) is 18.2. The number of carbonyl (C=O) groups is 1. The first-order chi connectivity index (χ1) is 8.61. The summed E-state index contributed by atoms with van der Waals surface area (Å²) in [4.78, 5) is 14.0. The van der Waals surface area contributed by atoms with Gasteiger partial charge in [0.15, 0.2) is 0 Å². The number of nitrogens with zero attached hydrogens (tertiary/aromatic N) is 1. The van der Waals surface area contributed by atoms with Gasteiger partial charge in [-0.2, -0.15) is 0 Å². The largest absolute Gasteiger partial charge is 0.355 e. The Morgan fingerprint density at radius 1 is 1.33 bits per heavy atom. The maximum absolute atomic E-state index is 11.7. The van der Waals surface area contributed by atoms with Crippen LogP contribution in [0, 0.1) is 11.8 Å². The van der Waals surface area contributed by atoms with Crippen molar-refractivity contribution in [1.82, 2.24) is 15.5 Å². The highest BCUT2D eigenvalue weighted by molar-refractivity contribution is 5.77. The molecule has 0 aromatic heterocycles. The van der Waals surface area contributed by atoms with Crippen LogP contribution in [0.15, 0.2) is 0 Å². The second-order valence-corrected chi connectivity index (χ2v) is 5.81. The maximum Gasteiger partial charge on any atom is 0.234 e. The lowest BCUT2D eigenvalue weighted by Crippen LogP contribution is -2.42. The van der Waals surface area contributed by atoms with Crippen LogP contribution in [0.1, 0.15) is 33.1 Å². The molecule has 2 N–H and O–H groups in total. The topological polar surface area (TPSA) is 44.4 Å². The van der Waals surface area contributed by atoms with Crippen LogP contribution in [0.3, 0.4) is 0 Å². The predicted molar refractivity (Wildman–Crippen MR) is 75.6 cm³/mol. The average molecular weight is 255 g/mol. The second-order valence-electron chi connectivity index (χ2n) is 5.81. The molecule has 1 aliphatic heterocycles. The molecule has 1 amide bonds. The fourth-order valence-corrected chi connectivity index (χ4v) is 2.36.